The smallest absolute Gasteiger partial charge is 0.224 e. The Bertz CT molecular complexity index is 1320. The first-order chi connectivity index (χ1) is 19.7. The molecule has 0 spiro atoms. The molecule has 0 fully saturated rings. The van der Waals surface area contributed by atoms with Gasteiger partial charge in [-0.15, -0.1) is 0 Å². The molecule has 214 valence electrons. The summed E-state index contributed by atoms with van der Waals surface area (Å²) in [4.78, 5) is 69.1. The molecule has 2 aromatic carbocycles. The highest BCUT2D eigenvalue weighted by molar-refractivity contribution is 6.38. The number of hydrogen-bond acceptors (Lipinski definition) is 6. The zero-order valence-electron chi connectivity index (χ0n) is 23.9. The Balaban J connectivity index is 1.64. The van der Waals surface area contributed by atoms with Crippen molar-refractivity contribution >= 4 is 29.0 Å². The van der Waals surface area contributed by atoms with Gasteiger partial charge < -0.3 is 5.32 Å². The van der Waals surface area contributed by atoms with Gasteiger partial charge in [0.1, 0.15) is 0 Å². The van der Waals surface area contributed by atoms with Gasteiger partial charge in [0.15, 0.2) is 17.3 Å². The molecule has 0 aliphatic heterocycles. The van der Waals surface area contributed by atoms with E-state index >= 15 is 0 Å². The van der Waals surface area contributed by atoms with Crippen molar-refractivity contribution in [2.45, 2.75) is 58.9 Å². The summed E-state index contributed by atoms with van der Waals surface area (Å²) >= 11 is 0. The number of hydrogen-bond donors (Lipinski definition) is 1. The molecule has 1 aromatic heterocycles. The van der Waals surface area contributed by atoms with Crippen molar-refractivity contribution in [3.05, 3.63) is 102 Å². The summed E-state index contributed by atoms with van der Waals surface area (Å²) in [6.45, 7) is 5.19. The fraction of sp³-hybridized carbons (Fsp3) is 0.353. The van der Waals surface area contributed by atoms with Gasteiger partial charge in [-0.2, -0.15) is 0 Å². The van der Waals surface area contributed by atoms with Crippen molar-refractivity contribution in [1.82, 2.24) is 10.3 Å². The number of nitrogens with one attached hydrogen (secondary N) is 1. The summed E-state index contributed by atoms with van der Waals surface area (Å²) in [6, 6.07) is 21.2. The molecule has 0 saturated heterocycles. The average Bonchev–Trinajstić information content (AvgIpc) is 2.99. The van der Waals surface area contributed by atoms with E-state index < -0.39 is 35.4 Å². The van der Waals surface area contributed by atoms with Crippen LogP contribution < -0.4 is 5.32 Å². The second-order valence-electron chi connectivity index (χ2n) is 10.8. The molecule has 0 unspecified atom stereocenters. The molecule has 0 radical (unpaired) electrons. The number of amides is 1. The van der Waals surface area contributed by atoms with E-state index in [1.807, 2.05) is 74.5 Å². The Hall–Kier alpha value is -4.26. The molecule has 0 saturated carbocycles. The van der Waals surface area contributed by atoms with E-state index in [1.165, 1.54) is 12.4 Å². The van der Waals surface area contributed by atoms with E-state index in [1.54, 1.807) is 19.1 Å². The summed E-state index contributed by atoms with van der Waals surface area (Å²) in [6.07, 6.45) is 3.74. The lowest BCUT2D eigenvalue weighted by molar-refractivity contribution is -0.141. The summed E-state index contributed by atoms with van der Waals surface area (Å²) in [5, 5.41) is 2.77. The van der Waals surface area contributed by atoms with Gasteiger partial charge in [0.05, 0.1) is 6.04 Å². The SMILES string of the molecule is CC(C)[C@H](CC(=O)[C@H](C)NC(=O)[C@H](CC(=O)c1ccncc1)Cc1ccccc1)C(=O)C(=O)CCc1ccccc1. The third kappa shape index (κ3) is 9.71. The number of pyridine rings is 1. The van der Waals surface area contributed by atoms with E-state index in [2.05, 4.69) is 10.3 Å². The minimum atomic E-state index is -0.884. The van der Waals surface area contributed by atoms with Gasteiger partial charge in [-0.3, -0.25) is 29.0 Å². The van der Waals surface area contributed by atoms with Gasteiger partial charge in [0, 0.05) is 49.1 Å². The number of rotatable bonds is 16. The summed E-state index contributed by atoms with van der Waals surface area (Å²) in [7, 11) is 0. The summed E-state index contributed by atoms with van der Waals surface area (Å²) < 4.78 is 0. The third-order valence-corrected chi connectivity index (χ3v) is 7.29. The Kier molecular flexibility index (Phi) is 11.8. The molecule has 41 heavy (non-hydrogen) atoms. The lowest BCUT2D eigenvalue weighted by Crippen LogP contribution is -2.44. The maximum absolute atomic E-state index is 13.4. The Morgan fingerprint density at radius 1 is 0.756 bits per heavy atom. The van der Waals surface area contributed by atoms with E-state index in [4.69, 9.17) is 0 Å². The standard InChI is InChI=1S/C34H38N2O5/c1-23(2)29(33(40)30(37)15-14-25-10-6-4-7-11-25)22-31(38)24(3)36-34(41)28(20-26-12-8-5-9-13-26)21-32(39)27-16-18-35-19-17-27/h4-13,16-19,23-24,28-29H,14-15,20-22H2,1-3H3,(H,36,41)/t24-,28-,29-/m0/s1. The molecule has 1 heterocycles. The first kappa shape index (κ1) is 31.3. The largest absolute Gasteiger partial charge is 0.346 e. The number of ketones is 4. The molecule has 0 bridgehead atoms. The van der Waals surface area contributed by atoms with Crippen LogP contribution in [0.2, 0.25) is 0 Å². The third-order valence-electron chi connectivity index (χ3n) is 7.29. The van der Waals surface area contributed by atoms with E-state index in [0.717, 1.165) is 11.1 Å². The van der Waals surface area contributed by atoms with Crippen molar-refractivity contribution in [3.63, 3.8) is 0 Å². The summed E-state index contributed by atoms with van der Waals surface area (Å²) in [5.41, 5.74) is 2.33. The van der Waals surface area contributed by atoms with Crippen LogP contribution in [0.3, 0.4) is 0 Å². The van der Waals surface area contributed by atoms with Gasteiger partial charge in [0.25, 0.3) is 0 Å². The minimum Gasteiger partial charge on any atom is -0.346 e. The van der Waals surface area contributed by atoms with Gasteiger partial charge in [-0.05, 0) is 48.9 Å². The van der Waals surface area contributed by atoms with Gasteiger partial charge in [-0.25, -0.2) is 0 Å². The molecule has 3 rings (SSSR count). The second kappa shape index (κ2) is 15.5. The minimum absolute atomic E-state index is 0.0331. The van der Waals surface area contributed by atoms with Crippen molar-refractivity contribution in [1.29, 1.82) is 0 Å². The van der Waals surface area contributed by atoms with Gasteiger partial charge in [-0.1, -0.05) is 74.5 Å². The number of carbonyl (C=O) groups is 5. The molecular weight excluding hydrogens is 516 g/mol. The molecule has 3 atom stereocenters. The van der Waals surface area contributed by atoms with Crippen LogP contribution in [0.1, 0.15) is 61.5 Å². The van der Waals surface area contributed by atoms with Crippen LogP contribution in [-0.2, 0) is 32.0 Å². The van der Waals surface area contributed by atoms with Crippen LogP contribution in [-0.4, -0.2) is 40.1 Å². The normalized spacial score (nSPS) is 13.2. The lowest BCUT2D eigenvalue weighted by atomic mass is 9.83. The quantitative estimate of drug-likeness (QED) is 0.197. The Morgan fingerprint density at radius 2 is 1.34 bits per heavy atom. The average molecular weight is 555 g/mol. The molecule has 0 aliphatic carbocycles. The molecule has 1 N–H and O–H groups in total. The molecular formula is C34H38N2O5. The van der Waals surface area contributed by atoms with E-state index in [9.17, 15) is 24.0 Å². The molecule has 7 nitrogen and oxygen atoms in total. The van der Waals surface area contributed by atoms with E-state index in [-0.39, 0.29) is 36.7 Å². The predicted octanol–water partition coefficient (Wildman–Crippen LogP) is 5.02. The predicted molar refractivity (Wildman–Crippen MR) is 157 cm³/mol. The number of carbonyl (C=O) groups excluding carboxylic acids is 5. The van der Waals surface area contributed by atoms with Crippen LogP contribution in [0.25, 0.3) is 0 Å². The molecule has 1 amide bonds. The van der Waals surface area contributed by atoms with Crippen molar-refractivity contribution < 1.29 is 24.0 Å². The Morgan fingerprint density at radius 3 is 1.93 bits per heavy atom. The zero-order chi connectivity index (χ0) is 29.8. The maximum Gasteiger partial charge on any atom is 0.224 e. The van der Waals surface area contributed by atoms with Crippen molar-refractivity contribution in [2.75, 3.05) is 0 Å². The number of aryl methyl sites for hydroxylation is 1. The molecule has 0 aliphatic rings. The molecule has 7 heteroatoms. The van der Waals surface area contributed by atoms with Crippen molar-refractivity contribution in [2.24, 2.45) is 17.8 Å². The number of Topliss-reactive ketones (excluding diaryl/α,β-unsaturated/α-hetero) is 4. The molecule has 3 aromatic rings. The fourth-order valence-electron chi connectivity index (χ4n) is 4.70. The first-order valence-corrected chi connectivity index (χ1v) is 14.1. The van der Waals surface area contributed by atoms with Crippen LogP contribution in [0.15, 0.2) is 85.2 Å². The number of benzene rings is 2. The monoisotopic (exact) mass is 554 g/mol. The van der Waals surface area contributed by atoms with E-state index in [0.29, 0.717) is 18.4 Å². The Labute approximate surface area is 241 Å². The van der Waals surface area contributed by atoms with Crippen molar-refractivity contribution in [3.8, 4) is 0 Å². The van der Waals surface area contributed by atoms with Crippen LogP contribution in [0.5, 0.6) is 0 Å². The highest BCUT2D eigenvalue weighted by atomic mass is 16.2. The zero-order valence-corrected chi connectivity index (χ0v) is 23.9. The first-order valence-electron chi connectivity index (χ1n) is 14.1. The van der Waals surface area contributed by atoms with Crippen LogP contribution >= 0.6 is 0 Å². The topological polar surface area (TPSA) is 110 Å². The highest BCUT2D eigenvalue weighted by Gasteiger charge is 2.32. The van der Waals surface area contributed by atoms with Gasteiger partial charge >= 0.3 is 0 Å². The summed E-state index contributed by atoms with van der Waals surface area (Å²) in [5.74, 6) is -3.67. The second-order valence-corrected chi connectivity index (χ2v) is 10.8. The highest BCUT2D eigenvalue weighted by Crippen LogP contribution is 2.21. The van der Waals surface area contributed by atoms with Gasteiger partial charge in [0.2, 0.25) is 11.7 Å². The van der Waals surface area contributed by atoms with Crippen LogP contribution in [0.4, 0.5) is 0 Å². The lowest BCUT2D eigenvalue weighted by Gasteiger charge is -2.23. The van der Waals surface area contributed by atoms with Crippen LogP contribution in [0, 0.1) is 17.8 Å². The number of nitrogens with zero attached hydrogens (tertiary/aromatic N) is 1. The fourth-order valence-corrected chi connectivity index (χ4v) is 4.70. The maximum atomic E-state index is 13.4. The number of aromatic nitrogens is 1.